The fourth-order valence-electron chi connectivity index (χ4n) is 3.95. The number of aromatic amines is 1. The highest BCUT2D eigenvalue weighted by Crippen LogP contribution is 2.73. The lowest BCUT2D eigenvalue weighted by atomic mass is 9.49. The largest absolute Gasteiger partial charge is 0.419 e. The first-order valence-electron chi connectivity index (χ1n) is 8.07. The number of alkyl halides is 3. The summed E-state index contributed by atoms with van der Waals surface area (Å²) < 4.78 is 42.9. The SMILES string of the molecule is BC1(B)C(Cn2c(=O)c3scc(C(F)(F)F)c3n3c(=S)[nH]nc23)C1(B)B. The zero-order chi connectivity index (χ0) is 19.2. The Labute approximate surface area is 158 Å². The van der Waals surface area contributed by atoms with Gasteiger partial charge >= 0.3 is 6.18 Å². The van der Waals surface area contributed by atoms with E-state index in [9.17, 15) is 18.0 Å². The van der Waals surface area contributed by atoms with Gasteiger partial charge in [-0.05, 0) is 18.1 Å². The van der Waals surface area contributed by atoms with Gasteiger partial charge in [0.05, 0.1) is 42.5 Å². The highest BCUT2D eigenvalue weighted by Gasteiger charge is 2.62. The van der Waals surface area contributed by atoms with Crippen molar-refractivity contribution in [1.29, 1.82) is 0 Å². The Morgan fingerprint density at radius 2 is 1.92 bits per heavy atom. The molecule has 3 aromatic rings. The van der Waals surface area contributed by atoms with E-state index in [4.69, 9.17) is 12.2 Å². The third-order valence-corrected chi connectivity index (χ3v) is 7.55. The number of hydrogen-bond acceptors (Lipinski definition) is 4. The molecule has 132 valence electrons. The molecular weight excluding hydrogens is 381 g/mol. The van der Waals surface area contributed by atoms with Crippen LogP contribution in [-0.4, -0.2) is 50.6 Å². The van der Waals surface area contributed by atoms with Gasteiger partial charge in [-0.15, -0.1) is 16.4 Å². The van der Waals surface area contributed by atoms with Crippen LogP contribution < -0.4 is 5.56 Å². The molecule has 0 unspecified atom stereocenters. The third-order valence-electron chi connectivity index (χ3n) is 6.31. The minimum Gasteiger partial charge on any atom is -0.275 e. The Hall–Kier alpha value is -1.42. The molecule has 14 heteroatoms. The number of hydrogen-bond donors (Lipinski definition) is 1. The molecule has 0 atom stereocenters. The Morgan fingerprint density at radius 3 is 2.46 bits per heavy atom. The van der Waals surface area contributed by atoms with Gasteiger partial charge in [-0.3, -0.25) is 13.8 Å². The van der Waals surface area contributed by atoms with Crippen molar-refractivity contribution in [2.45, 2.75) is 23.1 Å². The smallest absolute Gasteiger partial charge is 0.275 e. The highest BCUT2D eigenvalue weighted by molar-refractivity contribution is 7.71. The van der Waals surface area contributed by atoms with Crippen LogP contribution in [0, 0.1) is 10.7 Å². The highest BCUT2D eigenvalue weighted by atomic mass is 32.1. The lowest BCUT2D eigenvalue weighted by Crippen LogP contribution is -2.25. The second-order valence-electron chi connectivity index (χ2n) is 7.90. The van der Waals surface area contributed by atoms with Gasteiger partial charge in [0.15, 0.2) is 0 Å². The van der Waals surface area contributed by atoms with Crippen LogP contribution in [0.15, 0.2) is 10.2 Å². The molecule has 0 bridgehead atoms. The van der Waals surface area contributed by atoms with Crippen LogP contribution in [0.25, 0.3) is 16.0 Å². The first-order chi connectivity index (χ1) is 11.9. The van der Waals surface area contributed by atoms with Crippen LogP contribution in [0.4, 0.5) is 13.2 Å². The van der Waals surface area contributed by atoms with Gasteiger partial charge in [0.25, 0.3) is 5.56 Å². The number of nitrogens with zero attached hydrogens (tertiary/aromatic N) is 3. The Bertz CT molecular complexity index is 1160. The lowest BCUT2D eigenvalue weighted by molar-refractivity contribution is -0.136. The summed E-state index contributed by atoms with van der Waals surface area (Å²) in [6, 6.07) is 0. The molecule has 3 aromatic heterocycles. The van der Waals surface area contributed by atoms with Gasteiger partial charge in [-0.2, -0.15) is 13.2 Å². The summed E-state index contributed by atoms with van der Waals surface area (Å²) in [4.78, 5) is 13.0. The lowest BCUT2D eigenvalue weighted by Gasteiger charge is -2.11. The van der Waals surface area contributed by atoms with E-state index in [2.05, 4.69) is 41.6 Å². The maximum Gasteiger partial charge on any atom is 0.419 e. The molecule has 26 heavy (non-hydrogen) atoms. The van der Waals surface area contributed by atoms with Crippen molar-refractivity contribution in [2.75, 3.05) is 0 Å². The number of nitrogens with one attached hydrogen (secondary N) is 1. The van der Waals surface area contributed by atoms with Crippen molar-refractivity contribution in [3.05, 3.63) is 26.1 Å². The first kappa shape index (κ1) is 18.0. The Balaban J connectivity index is 2.03. The van der Waals surface area contributed by atoms with Crippen LogP contribution >= 0.6 is 23.6 Å². The van der Waals surface area contributed by atoms with Crippen LogP contribution in [-0.2, 0) is 12.7 Å². The minimum absolute atomic E-state index is 0.0259. The number of thiophene rings is 1. The molecule has 0 aromatic carbocycles. The van der Waals surface area contributed by atoms with Crippen molar-refractivity contribution in [3.63, 3.8) is 0 Å². The average Bonchev–Trinajstić information content (AvgIpc) is 2.96. The molecular formula is C12H13B4F3N4OS2. The van der Waals surface area contributed by atoms with E-state index >= 15 is 0 Å². The van der Waals surface area contributed by atoms with Gasteiger partial charge in [0.1, 0.15) is 4.70 Å². The van der Waals surface area contributed by atoms with Gasteiger partial charge in [0, 0.05) is 11.9 Å². The molecule has 0 spiro atoms. The zero-order valence-electron chi connectivity index (χ0n) is 14.6. The molecule has 1 saturated carbocycles. The monoisotopic (exact) mass is 394 g/mol. The standard InChI is InChI=1S/C12H13B4F3N4OS2/c13-10(14)4(11(10,15)16)1-22-7(24)6-5(3(2-26-6)12(17,18)19)23-8(22)20-21-9(23)25/h2,4H,1,13-16H2,(H,21,25). The minimum atomic E-state index is -4.57. The predicted molar refractivity (Wildman–Crippen MR) is 108 cm³/mol. The third kappa shape index (κ3) is 2.17. The van der Waals surface area contributed by atoms with Crippen molar-refractivity contribution < 1.29 is 13.2 Å². The molecule has 3 heterocycles. The molecule has 1 fully saturated rings. The van der Waals surface area contributed by atoms with Gasteiger partial charge in [-0.1, -0.05) is 10.4 Å². The van der Waals surface area contributed by atoms with E-state index < -0.39 is 17.3 Å². The normalized spacial score (nSPS) is 19.3. The molecule has 1 aliphatic rings. The van der Waals surface area contributed by atoms with Gasteiger partial charge < -0.3 is 0 Å². The zero-order valence-corrected chi connectivity index (χ0v) is 16.2. The maximum absolute atomic E-state index is 13.4. The maximum atomic E-state index is 13.4. The van der Waals surface area contributed by atoms with E-state index in [1.165, 1.54) is 8.97 Å². The van der Waals surface area contributed by atoms with E-state index in [0.29, 0.717) is 6.54 Å². The molecule has 0 aliphatic heterocycles. The Kier molecular flexibility index (Phi) is 3.52. The number of aromatic nitrogens is 4. The summed E-state index contributed by atoms with van der Waals surface area (Å²) in [5.41, 5.74) is -1.54. The van der Waals surface area contributed by atoms with Gasteiger partial charge in [0.2, 0.25) is 10.5 Å². The van der Waals surface area contributed by atoms with Crippen LogP contribution in [0.2, 0.25) is 10.4 Å². The van der Waals surface area contributed by atoms with Crippen LogP contribution in [0.3, 0.4) is 0 Å². The molecule has 5 nitrogen and oxygen atoms in total. The number of rotatable bonds is 2. The predicted octanol–water partition coefficient (Wildman–Crippen LogP) is -0.818. The summed E-state index contributed by atoms with van der Waals surface area (Å²) in [7, 11) is 8.51. The van der Waals surface area contributed by atoms with Crippen molar-refractivity contribution >= 4 is 70.9 Å². The van der Waals surface area contributed by atoms with E-state index in [0.717, 1.165) is 16.7 Å². The summed E-state index contributed by atoms with van der Waals surface area (Å²) in [6.07, 6.45) is -4.57. The van der Waals surface area contributed by atoms with Gasteiger partial charge in [-0.25, -0.2) is 5.10 Å². The van der Waals surface area contributed by atoms with Crippen molar-refractivity contribution in [3.8, 4) is 0 Å². The number of H-pyrrole nitrogens is 1. The van der Waals surface area contributed by atoms with Crippen LogP contribution in [0.5, 0.6) is 0 Å². The fraction of sp³-hybridized carbons (Fsp3) is 0.417. The van der Waals surface area contributed by atoms with Crippen molar-refractivity contribution in [2.24, 2.45) is 5.92 Å². The summed E-state index contributed by atoms with van der Waals surface area (Å²) in [5.74, 6) is 0.330. The average molecular weight is 394 g/mol. The molecule has 1 N–H and O–H groups in total. The Morgan fingerprint density at radius 1 is 1.31 bits per heavy atom. The quantitative estimate of drug-likeness (QED) is 0.457. The second kappa shape index (κ2) is 5.09. The van der Waals surface area contributed by atoms with Crippen LogP contribution in [0.1, 0.15) is 5.56 Å². The van der Waals surface area contributed by atoms with E-state index in [1.807, 2.05) is 0 Å². The summed E-state index contributed by atoms with van der Waals surface area (Å²) in [6.45, 7) is 0.386. The van der Waals surface area contributed by atoms with Crippen molar-refractivity contribution in [1.82, 2.24) is 19.2 Å². The molecule has 0 amide bonds. The summed E-state index contributed by atoms with van der Waals surface area (Å²) in [5, 5.41) is 7.61. The molecule has 1 aliphatic carbocycles. The number of halogens is 3. The first-order valence-corrected chi connectivity index (χ1v) is 9.36. The molecule has 0 saturated heterocycles. The summed E-state index contributed by atoms with van der Waals surface area (Å²) >= 11 is 5.95. The molecule has 4 rings (SSSR count). The van der Waals surface area contributed by atoms with E-state index in [-0.39, 0.29) is 37.1 Å². The second-order valence-corrected chi connectivity index (χ2v) is 9.17. The molecule has 0 radical (unpaired) electrons. The number of fused-ring (bicyclic) bond motifs is 3. The van der Waals surface area contributed by atoms with E-state index in [1.54, 1.807) is 0 Å². The topological polar surface area (TPSA) is 55.1 Å². The fourth-order valence-corrected chi connectivity index (χ4v) is 5.17.